The summed E-state index contributed by atoms with van der Waals surface area (Å²) in [6.45, 7) is 2.77. The summed E-state index contributed by atoms with van der Waals surface area (Å²) >= 11 is 0. The van der Waals surface area contributed by atoms with Crippen LogP contribution in [0, 0.1) is 0 Å². The molecule has 0 radical (unpaired) electrons. The molecule has 1 aliphatic rings. The molecule has 0 aromatic carbocycles. The van der Waals surface area contributed by atoms with Crippen LogP contribution >= 0.6 is 0 Å². The minimum Gasteiger partial charge on any atom is -0.327 e. The second kappa shape index (κ2) is 3.58. The molecular formula is C11H16N2O. The molecule has 0 bridgehead atoms. The number of nitrogens with zero attached hydrogens (tertiary/aromatic N) is 1. The number of pyridine rings is 1. The highest BCUT2D eigenvalue weighted by molar-refractivity contribution is 5.25. The van der Waals surface area contributed by atoms with E-state index in [4.69, 9.17) is 5.73 Å². The summed E-state index contributed by atoms with van der Waals surface area (Å²) < 4.78 is 1.86. The van der Waals surface area contributed by atoms with Gasteiger partial charge in [-0.1, -0.05) is 6.07 Å². The van der Waals surface area contributed by atoms with Crippen molar-refractivity contribution in [2.45, 2.75) is 38.8 Å². The van der Waals surface area contributed by atoms with Gasteiger partial charge >= 0.3 is 0 Å². The van der Waals surface area contributed by atoms with Crippen LogP contribution in [0.15, 0.2) is 16.9 Å². The highest BCUT2D eigenvalue weighted by Crippen LogP contribution is 2.18. The second-order valence-corrected chi connectivity index (χ2v) is 3.89. The van der Waals surface area contributed by atoms with E-state index in [0.717, 1.165) is 25.8 Å². The third-order valence-corrected chi connectivity index (χ3v) is 2.94. The van der Waals surface area contributed by atoms with Gasteiger partial charge in [-0.3, -0.25) is 4.79 Å². The van der Waals surface area contributed by atoms with Gasteiger partial charge in [0, 0.05) is 24.3 Å². The van der Waals surface area contributed by atoms with E-state index in [2.05, 4.69) is 0 Å². The Morgan fingerprint density at radius 3 is 3.07 bits per heavy atom. The van der Waals surface area contributed by atoms with Crippen molar-refractivity contribution in [2.24, 2.45) is 5.73 Å². The lowest BCUT2D eigenvalue weighted by Crippen LogP contribution is -2.33. The maximum atomic E-state index is 11.5. The first-order valence-corrected chi connectivity index (χ1v) is 5.19. The summed E-state index contributed by atoms with van der Waals surface area (Å²) in [4.78, 5) is 11.5. The number of aromatic nitrogens is 1. The Labute approximate surface area is 83.5 Å². The molecule has 0 unspecified atom stereocenters. The van der Waals surface area contributed by atoms with Gasteiger partial charge in [-0.15, -0.1) is 0 Å². The fourth-order valence-corrected chi connectivity index (χ4v) is 2.20. The highest BCUT2D eigenvalue weighted by Gasteiger charge is 2.17. The van der Waals surface area contributed by atoms with Crippen molar-refractivity contribution < 1.29 is 0 Å². The van der Waals surface area contributed by atoms with Crippen LogP contribution in [0.3, 0.4) is 0 Å². The number of rotatable bonds is 1. The van der Waals surface area contributed by atoms with Gasteiger partial charge in [-0.25, -0.2) is 0 Å². The predicted molar refractivity (Wildman–Crippen MR) is 56.4 cm³/mol. The van der Waals surface area contributed by atoms with E-state index in [1.165, 1.54) is 11.3 Å². The summed E-state index contributed by atoms with van der Waals surface area (Å²) in [5, 5.41) is 0. The quantitative estimate of drug-likeness (QED) is 0.711. The van der Waals surface area contributed by atoms with Gasteiger partial charge < -0.3 is 10.3 Å². The van der Waals surface area contributed by atoms with Crippen molar-refractivity contribution in [3.63, 3.8) is 0 Å². The zero-order valence-corrected chi connectivity index (χ0v) is 8.49. The lowest BCUT2D eigenvalue weighted by atomic mass is 9.92. The van der Waals surface area contributed by atoms with Crippen molar-refractivity contribution in [3.8, 4) is 0 Å². The monoisotopic (exact) mass is 192 g/mol. The molecule has 1 atom stereocenters. The summed E-state index contributed by atoms with van der Waals surface area (Å²) in [6, 6.07) is 3.86. The van der Waals surface area contributed by atoms with E-state index in [0.29, 0.717) is 0 Å². The Morgan fingerprint density at radius 1 is 1.57 bits per heavy atom. The SMILES string of the molecule is CCn1c2c(ccc1=O)C[C@H](N)CC2. The van der Waals surface area contributed by atoms with Crippen LogP contribution in [0.2, 0.25) is 0 Å². The normalized spacial score (nSPS) is 20.6. The Bertz CT molecular complexity index is 395. The van der Waals surface area contributed by atoms with Gasteiger partial charge in [0.2, 0.25) is 0 Å². The summed E-state index contributed by atoms with van der Waals surface area (Å²) in [5.41, 5.74) is 8.46. The molecule has 14 heavy (non-hydrogen) atoms. The minimum absolute atomic E-state index is 0.113. The molecule has 1 aliphatic carbocycles. The first-order valence-electron chi connectivity index (χ1n) is 5.19. The average Bonchev–Trinajstić information content (AvgIpc) is 2.18. The van der Waals surface area contributed by atoms with Crippen molar-refractivity contribution in [1.29, 1.82) is 0 Å². The lowest BCUT2D eigenvalue weighted by molar-refractivity contribution is 0.532. The van der Waals surface area contributed by atoms with Gasteiger partial charge in [-0.05, 0) is 31.7 Å². The number of hydrogen-bond donors (Lipinski definition) is 1. The Kier molecular flexibility index (Phi) is 2.42. The fraction of sp³-hybridized carbons (Fsp3) is 0.545. The second-order valence-electron chi connectivity index (χ2n) is 3.89. The van der Waals surface area contributed by atoms with Crippen LogP contribution in [0.25, 0.3) is 0 Å². The Hall–Kier alpha value is -1.09. The molecule has 0 fully saturated rings. The standard InChI is InChI=1S/C11H16N2O/c1-2-13-10-5-4-9(12)7-8(10)3-6-11(13)14/h3,6,9H,2,4-5,7,12H2,1H3/t9-/m1/s1. The van der Waals surface area contributed by atoms with Crippen LogP contribution in [0.4, 0.5) is 0 Å². The molecule has 1 heterocycles. The van der Waals surface area contributed by atoms with E-state index in [9.17, 15) is 4.79 Å². The predicted octanol–water partition coefficient (Wildman–Crippen LogP) is 0.684. The van der Waals surface area contributed by atoms with Crippen LogP contribution in [0.5, 0.6) is 0 Å². The zero-order chi connectivity index (χ0) is 10.1. The maximum absolute atomic E-state index is 11.5. The van der Waals surface area contributed by atoms with E-state index in [1.54, 1.807) is 6.07 Å². The number of nitrogens with two attached hydrogens (primary N) is 1. The van der Waals surface area contributed by atoms with Crippen molar-refractivity contribution >= 4 is 0 Å². The Balaban J connectivity index is 2.52. The molecule has 76 valence electrons. The first-order chi connectivity index (χ1) is 6.72. The van der Waals surface area contributed by atoms with E-state index < -0.39 is 0 Å². The molecule has 0 saturated carbocycles. The molecule has 0 saturated heterocycles. The molecule has 3 heteroatoms. The molecule has 2 rings (SSSR count). The van der Waals surface area contributed by atoms with Crippen LogP contribution in [-0.4, -0.2) is 10.6 Å². The van der Waals surface area contributed by atoms with Crippen molar-refractivity contribution in [3.05, 3.63) is 33.7 Å². The summed E-state index contributed by atoms with van der Waals surface area (Å²) in [7, 11) is 0. The molecule has 0 amide bonds. The summed E-state index contributed by atoms with van der Waals surface area (Å²) in [5.74, 6) is 0. The van der Waals surface area contributed by atoms with Crippen molar-refractivity contribution in [1.82, 2.24) is 4.57 Å². The zero-order valence-electron chi connectivity index (χ0n) is 8.49. The molecule has 2 N–H and O–H groups in total. The fourth-order valence-electron chi connectivity index (χ4n) is 2.20. The van der Waals surface area contributed by atoms with Crippen LogP contribution in [0.1, 0.15) is 24.6 Å². The summed E-state index contributed by atoms with van der Waals surface area (Å²) in [6.07, 6.45) is 2.85. The number of hydrogen-bond acceptors (Lipinski definition) is 2. The topological polar surface area (TPSA) is 48.0 Å². The molecule has 1 aromatic heterocycles. The van der Waals surface area contributed by atoms with Crippen LogP contribution < -0.4 is 11.3 Å². The Morgan fingerprint density at radius 2 is 2.36 bits per heavy atom. The third kappa shape index (κ3) is 1.48. The lowest BCUT2D eigenvalue weighted by Gasteiger charge is -2.24. The van der Waals surface area contributed by atoms with Gasteiger partial charge in [0.1, 0.15) is 0 Å². The van der Waals surface area contributed by atoms with Crippen LogP contribution in [-0.2, 0) is 19.4 Å². The van der Waals surface area contributed by atoms with E-state index in [-0.39, 0.29) is 11.6 Å². The molecule has 3 nitrogen and oxygen atoms in total. The third-order valence-electron chi connectivity index (χ3n) is 2.94. The van der Waals surface area contributed by atoms with E-state index >= 15 is 0 Å². The van der Waals surface area contributed by atoms with E-state index in [1.807, 2.05) is 17.6 Å². The molecule has 0 aliphatic heterocycles. The minimum atomic E-state index is 0.113. The molecular weight excluding hydrogens is 176 g/mol. The van der Waals surface area contributed by atoms with Gasteiger partial charge in [-0.2, -0.15) is 0 Å². The maximum Gasteiger partial charge on any atom is 0.250 e. The largest absolute Gasteiger partial charge is 0.327 e. The smallest absolute Gasteiger partial charge is 0.250 e. The van der Waals surface area contributed by atoms with Gasteiger partial charge in [0.25, 0.3) is 5.56 Å². The van der Waals surface area contributed by atoms with Gasteiger partial charge in [0.05, 0.1) is 0 Å². The average molecular weight is 192 g/mol. The number of fused-ring (bicyclic) bond motifs is 1. The van der Waals surface area contributed by atoms with Gasteiger partial charge in [0.15, 0.2) is 0 Å². The molecule has 0 spiro atoms. The first kappa shape index (κ1) is 9.46. The molecule has 1 aromatic rings. The highest BCUT2D eigenvalue weighted by atomic mass is 16.1. The van der Waals surface area contributed by atoms with Crippen molar-refractivity contribution in [2.75, 3.05) is 0 Å².